The molecule has 0 bridgehead atoms. The van der Waals surface area contributed by atoms with Gasteiger partial charge in [-0.05, 0) is 25.7 Å². The summed E-state index contributed by atoms with van der Waals surface area (Å²) in [6.07, 6.45) is 24.0. The van der Waals surface area contributed by atoms with Crippen molar-refractivity contribution in [3.05, 3.63) is 24.3 Å². The van der Waals surface area contributed by atoms with E-state index in [1.54, 1.807) is 0 Å². The highest BCUT2D eigenvalue weighted by Gasteiger charge is 1.92. The SMILES string of the molecule is CCCCCC=CC(Br)C=CCCCCCCCC. The monoisotopic (exact) mass is 328 g/mol. The van der Waals surface area contributed by atoms with Gasteiger partial charge in [-0.2, -0.15) is 0 Å². The molecule has 0 aromatic rings. The van der Waals surface area contributed by atoms with Gasteiger partial charge in [-0.3, -0.25) is 0 Å². The minimum absolute atomic E-state index is 0.425. The topological polar surface area (TPSA) is 0 Å². The molecule has 0 aromatic carbocycles. The molecule has 0 radical (unpaired) electrons. The Labute approximate surface area is 129 Å². The van der Waals surface area contributed by atoms with Gasteiger partial charge in [0.15, 0.2) is 0 Å². The molecule has 0 rings (SSSR count). The second-order valence-electron chi connectivity index (χ2n) is 5.35. The van der Waals surface area contributed by atoms with Crippen LogP contribution < -0.4 is 0 Å². The fourth-order valence-electron chi connectivity index (χ4n) is 2.07. The zero-order chi connectivity index (χ0) is 14.2. The van der Waals surface area contributed by atoms with E-state index in [1.807, 2.05) is 0 Å². The molecular formula is C18H33Br. The number of halogens is 1. The molecule has 0 aliphatic heterocycles. The predicted molar refractivity (Wildman–Crippen MR) is 93.1 cm³/mol. The highest BCUT2D eigenvalue weighted by Crippen LogP contribution is 2.10. The lowest BCUT2D eigenvalue weighted by molar-refractivity contribution is 0.611. The maximum atomic E-state index is 3.68. The molecule has 0 heterocycles. The van der Waals surface area contributed by atoms with Crippen molar-refractivity contribution in [3.8, 4) is 0 Å². The third-order valence-corrected chi connectivity index (χ3v) is 3.95. The number of hydrogen-bond donors (Lipinski definition) is 0. The molecule has 0 aromatic heterocycles. The van der Waals surface area contributed by atoms with E-state index >= 15 is 0 Å². The van der Waals surface area contributed by atoms with Crippen LogP contribution in [0.3, 0.4) is 0 Å². The molecule has 0 spiro atoms. The first-order valence-electron chi connectivity index (χ1n) is 8.28. The molecule has 0 aliphatic rings. The van der Waals surface area contributed by atoms with Crippen molar-refractivity contribution < 1.29 is 0 Å². The van der Waals surface area contributed by atoms with Crippen LogP contribution >= 0.6 is 15.9 Å². The number of hydrogen-bond acceptors (Lipinski definition) is 0. The Kier molecular flexibility index (Phi) is 16.0. The molecule has 1 atom stereocenters. The summed E-state index contributed by atoms with van der Waals surface area (Å²) in [5, 5.41) is 0. The van der Waals surface area contributed by atoms with Crippen LogP contribution in [0.4, 0.5) is 0 Å². The van der Waals surface area contributed by atoms with Crippen molar-refractivity contribution in [1.29, 1.82) is 0 Å². The van der Waals surface area contributed by atoms with E-state index < -0.39 is 0 Å². The molecule has 0 nitrogen and oxygen atoms in total. The molecule has 112 valence electrons. The average molecular weight is 329 g/mol. The summed E-state index contributed by atoms with van der Waals surface area (Å²) >= 11 is 3.68. The van der Waals surface area contributed by atoms with E-state index in [2.05, 4.69) is 54.1 Å². The van der Waals surface area contributed by atoms with E-state index in [0.29, 0.717) is 4.83 Å². The molecule has 1 heteroatoms. The Morgan fingerprint density at radius 1 is 0.684 bits per heavy atom. The summed E-state index contributed by atoms with van der Waals surface area (Å²) in [6, 6.07) is 0. The average Bonchev–Trinajstić information content (AvgIpc) is 2.41. The Morgan fingerprint density at radius 3 is 1.68 bits per heavy atom. The first-order valence-corrected chi connectivity index (χ1v) is 9.20. The van der Waals surface area contributed by atoms with Gasteiger partial charge in [-0.15, -0.1) is 0 Å². The molecule has 0 saturated carbocycles. The maximum Gasteiger partial charge on any atom is 0.0505 e. The second kappa shape index (κ2) is 16.0. The maximum absolute atomic E-state index is 3.68. The van der Waals surface area contributed by atoms with Crippen molar-refractivity contribution in [1.82, 2.24) is 0 Å². The summed E-state index contributed by atoms with van der Waals surface area (Å²) in [4.78, 5) is 0.425. The quantitative estimate of drug-likeness (QED) is 0.190. The van der Waals surface area contributed by atoms with Crippen LogP contribution in [0.2, 0.25) is 0 Å². The fraction of sp³-hybridized carbons (Fsp3) is 0.778. The normalized spacial score (nSPS) is 13.6. The molecule has 0 amide bonds. The van der Waals surface area contributed by atoms with Gasteiger partial charge in [-0.1, -0.05) is 99.0 Å². The second-order valence-corrected chi connectivity index (χ2v) is 6.41. The van der Waals surface area contributed by atoms with Crippen molar-refractivity contribution in [2.75, 3.05) is 0 Å². The zero-order valence-corrected chi connectivity index (χ0v) is 14.6. The minimum Gasteiger partial charge on any atom is -0.0871 e. The van der Waals surface area contributed by atoms with Crippen LogP contribution in [-0.4, -0.2) is 4.83 Å². The molecule has 1 unspecified atom stereocenters. The number of rotatable bonds is 13. The summed E-state index contributed by atoms with van der Waals surface area (Å²) in [5.74, 6) is 0. The van der Waals surface area contributed by atoms with Gasteiger partial charge in [0.25, 0.3) is 0 Å². The van der Waals surface area contributed by atoms with Gasteiger partial charge in [0.1, 0.15) is 0 Å². The zero-order valence-electron chi connectivity index (χ0n) is 13.0. The van der Waals surface area contributed by atoms with Crippen LogP contribution in [0.1, 0.15) is 84.5 Å². The van der Waals surface area contributed by atoms with Crippen molar-refractivity contribution >= 4 is 15.9 Å². The highest BCUT2D eigenvalue weighted by atomic mass is 79.9. The molecule has 0 aliphatic carbocycles. The summed E-state index contributed by atoms with van der Waals surface area (Å²) in [5.41, 5.74) is 0. The van der Waals surface area contributed by atoms with Crippen LogP contribution in [0.15, 0.2) is 24.3 Å². The van der Waals surface area contributed by atoms with Gasteiger partial charge in [0, 0.05) is 0 Å². The van der Waals surface area contributed by atoms with Crippen LogP contribution in [0, 0.1) is 0 Å². The van der Waals surface area contributed by atoms with Crippen molar-refractivity contribution in [2.45, 2.75) is 89.3 Å². The third kappa shape index (κ3) is 15.9. The smallest absolute Gasteiger partial charge is 0.0505 e. The molecule has 19 heavy (non-hydrogen) atoms. The van der Waals surface area contributed by atoms with E-state index in [4.69, 9.17) is 0 Å². The van der Waals surface area contributed by atoms with E-state index in [0.717, 1.165) is 0 Å². The Balaban J connectivity index is 3.38. The van der Waals surface area contributed by atoms with Crippen molar-refractivity contribution in [2.24, 2.45) is 0 Å². The fourth-order valence-corrected chi connectivity index (χ4v) is 2.50. The summed E-state index contributed by atoms with van der Waals surface area (Å²) in [6.45, 7) is 4.52. The number of alkyl halides is 1. The first-order chi connectivity index (χ1) is 9.31. The largest absolute Gasteiger partial charge is 0.0871 e. The Bertz CT molecular complexity index is 218. The lowest BCUT2D eigenvalue weighted by atomic mass is 10.1. The molecular weight excluding hydrogens is 296 g/mol. The van der Waals surface area contributed by atoms with Gasteiger partial charge in [0.2, 0.25) is 0 Å². The van der Waals surface area contributed by atoms with E-state index in [9.17, 15) is 0 Å². The third-order valence-electron chi connectivity index (χ3n) is 3.34. The van der Waals surface area contributed by atoms with E-state index in [1.165, 1.54) is 70.6 Å². The van der Waals surface area contributed by atoms with Crippen molar-refractivity contribution in [3.63, 3.8) is 0 Å². The Morgan fingerprint density at radius 2 is 1.11 bits per heavy atom. The number of unbranched alkanes of at least 4 members (excludes halogenated alkanes) is 9. The standard InChI is InChI=1S/C18H33Br/c1-3-5-7-9-10-11-13-15-17-18(19)16-14-12-8-6-4-2/h14-18H,3-13H2,1-2H3. The molecule has 0 fully saturated rings. The molecule has 0 N–H and O–H groups in total. The lowest BCUT2D eigenvalue weighted by Crippen LogP contribution is -1.85. The first kappa shape index (κ1) is 19.0. The van der Waals surface area contributed by atoms with Gasteiger partial charge in [-0.25, -0.2) is 0 Å². The molecule has 0 saturated heterocycles. The Hall–Kier alpha value is -0.0400. The van der Waals surface area contributed by atoms with Crippen LogP contribution in [0.5, 0.6) is 0 Å². The van der Waals surface area contributed by atoms with Gasteiger partial charge in [0.05, 0.1) is 4.83 Å². The highest BCUT2D eigenvalue weighted by molar-refractivity contribution is 9.09. The minimum atomic E-state index is 0.425. The van der Waals surface area contributed by atoms with E-state index in [-0.39, 0.29) is 0 Å². The summed E-state index contributed by atoms with van der Waals surface area (Å²) in [7, 11) is 0. The van der Waals surface area contributed by atoms with Crippen LogP contribution in [-0.2, 0) is 0 Å². The van der Waals surface area contributed by atoms with Gasteiger partial charge >= 0.3 is 0 Å². The van der Waals surface area contributed by atoms with Crippen LogP contribution in [0.25, 0.3) is 0 Å². The predicted octanol–water partition coefficient (Wildman–Crippen LogP) is 7.19. The van der Waals surface area contributed by atoms with Gasteiger partial charge < -0.3 is 0 Å². The number of allylic oxidation sites excluding steroid dienone is 4. The lowest BCUT2D eigenvalue weighted by Gasteiger charge is -1.99. The summed E-state index contributed by atoms with van der Waals surface area (Å²) < 4.78 is 0.